The molecule has 0 aliphatic rings. The lowest BCUT2D eigenvalue weighted by Gasteiger charge is -2.04. The van der Waals surface area contributed by atoms with Crippen molar-refractivity contribution >= 4 is 29.2 Å². The van der Waals surface area contributed by atoms with Gasteiger partial charge in [-0.25, -0.2) is 4.79 Å². The number of ether oxygens (including phenoxy) is 2. The van der Waals surface area contributed by atoms with Crippen LogP contribution in [0, 0.1) is 0 Å². The standard InChI is InChI=1S/C16H14O4S/c1-19-16(18)11-20-13-6-4-12(5-7-13)15(17)9-8-14-3-2-10-21-14/h2-10H,11H2,1H3. The molecule has 0 aliphatic carbocycles. The van der Waals surface area contributed by atoms with Gasteiger partial charge in [-0.1, -0.05) is 6.07 Å². The number of rotatable bonds is 6. The van der Waals surface area contributed by atoms with Crippen LogP contribution in [-0.2, 0) is 9.53 Å². The Morgan fingerprint density at radius 1 is 1.19 bits per heavy atom. The number of hydrogen-bond donors (Lipinski definition) is 0. The predicted octanol–water partition coefficient (Wildman–Crippen LogP) is 3.20. The molecule has 0 spiro atoms. The lowest BCUT2D eigenvalue weighted by molar-refractivity contribution is -0.142. The van der Waals surface area contributed by atoms with E-state index in [-0.39, 0.29) is 12.4 Å². The summed E-state index contributed by atoms with van der Waals surface area (Å²) in [5.41, 5.74) is 0.563. The topological polar surface area (TPSA) is 52.6 Å². The molecule has 0 amide bonds. The Bertz CT molecular complexity index is 627. The molecule has 0 saturated heterocycles. The molecule has 0 atom stereocenters. The number of esters is 1. The van der Waals surface area contributed by atoms with Crippen molar-refractivity contribution in [1.29, 1.82) is 0 Å². The quantitative estimate of drug-likeness (QED) is 0.467. The molecule has 1 aromatic carbocycles. The van der Waals surface area contributed by atoms with Gasteiger partial charge in [0.05, 0.1) is 7.11 Å². The number of carbonyl (C=O) groups excluding carboxylic acids is 2. The minimum absolute atomic E-state index is 0.0806. The van der Waals surface area contributed by atoms with Crippen molar-refractivity contribution in [3.8, 4) is 5.75 Å². The Kier molecular flexibility index (Phi) is 5.29. The summed E-state index contributed by atoms with van der Waals surface area (Å²) < 4.78 is 9.69. The van der Waals surface area contributed by atoms with E-state index < -0.39 is 5.97 Å². The van der Waals surface area contributed by atoms with E-state index in [9.17, 15) is 9.59 Å². The fourth-order valence-electron chi connectivity index (χ4n) is 1.56. The summed E-state index contributed by atoms with van der Waals surface area (Å²) in [5.74, 6) is -0.0175. The molecular formula is C16H14O4S. The fraction of sp³-hybridized carbons (Fsp3) is 0.125. The van der Waals surface area contributed by atoms with Crippen LogP contribution < -0.4 is 4.74 Å². The first kappa shape index (κ1) is 15.0. The molecule has 1 heterocycles. The first-order chi connectivity index (χ1) is 10.2. The highest BCUT2D eigenvalue weighted by molar-refractivity contribution is 7.10. The average Bonchev–Trinajstić information content (AvgIpc) is 3.04. The predicted molar refractivity (Wildman–Crippen MR) is 81.6 cm³/mol. The van der Waals surface area contributed by atoms with Gasteiger partial charge in [0.15, 0.2) is 12.4 Å². The number of methoxy groups -OCH3 is 1. The Hall–Kier alpha value is -2.40. The van der Waals surface area contributed by atoms with Gasteiger partial charge in [0, 0.05) is 10.4 Å². The number of benzene rings is 1. The number of carbonyl (C=O) groups is 2. The van der Waals surface area contributed by atoms with Gasteiger partial charge in [0.2, 0.25) is 0 Å². The van der Waals surface area contributed by atoms with E-state index in [1.807, 2.05) is 17.5 Å². The van der Waals surface area contributed by atoms with E-state index >= 15 is 0 Å². The van der Waals surface area contributed by atoms with E-state index in [1.54, 1.807) is 41.7 Å². The van der Waals surface area contributed by atoms with Crippen LogP contribution in [0.4, 0.5) is 0 Å². The van der Waals surface area contributed by atoms with Crippen molar-refractivity contribution in [1.82, 2.24) is 0 Å². The van der Waals surface area contributed by atoms with E-state index in [0.29, 0.717) is 11.3 Å². The molecule has 108 valence electrons. The zero-order valence-electron chi connectivity index (χ0n) is 11.4. The minimum Gasteiger partial charge on any atom is -0.482 e. The molecule has 0 radical (unpaired) electrons. The van der Waals surface area contributed by atoms with Gasteiger partial charge in [-0.2, -0.15) is 0 Å². The van der Waals surface area contributed by atoms with Crippen LogP contribution >= 0.6 is 11.3 Å². The van der Waals surface area contributed by atoms with E-state index in [2.05, 4.69) is 4.74 Å². The third-order valence-electron chi connectivity index (χ3n) is 2.67. The molecule has 0 saturated carbocycles. The third-order valence-corrected chi connectivity index (χ3v) is 3.50. The second-order valence-corrected chi connectivity index (χ2v) is 5.08. The van der Waals surface area contributed by atoms with Crippen LogP contribution in [0.15, 0.2) is 47.9 Å². The molecular weight excluding hydrogens is 288 g/mol. The van der Waals surface area contributed by atoms with Gasteiger partial charge < -0.3 is 9.47 Å². The smallest absolute Gasteiger partial charge is 0.343 e. The molecule has 0 N–H and O–H groups in total. The molecule has 0 bridgehead atoms. The molecule has 0 fully saturated rings. The summed E-state index contributed by atoms with van der Waals surface area (Å²) >= 11 is 1.57. The van der Waals surface area contributed by atoms with Crippen LogP contribution in [0.25, 0.3) is 6.08 Å². The summed E-state index contributed by atoms with van der Waals surface area (Å²) in [6.07, 6.45) is 3.32. The monoisotopic (exact) mass is 302 g/mol. The van der Waals surface area contributed by atoms with Gasteiger partial charge >= 0.3 is 5.97 Å². The van der Waals surface area contributed by atoms with Gasteiger partial charge in [0.25, 0.3) is 0 Å². The molecule has 2 aromatic rings. The number of allylic oxidation sites excluding steroid dienone is 1. The average molecular weight is 302 g/mol. The van der Waals surface area contributed by atoms with Crippen molar-refractivity contribution in [2.75, 3.05) is 13.7 Å². The highest BCUT2D eigenvalue weighted by Crippen LogP contribution is 2.15. The second kappa shape index (κ2) is 7.40. The first-order valence-corrected chi connectivity index (χ1v) is 7.12. The molecule has 0 unspecified atom stereocenters. The number of thiophene rings is 1. The number of ketones is 1. The highest BCUT2D eigenvalue weighted by Gasteiger charge is 2.04. The Morgan fingerprint density at radius 2 is 1.95 bits per heavy atom. The number of hydrogen-bond acceptors (Lipinski definition) is 5. The Labute approximate surface area is 126 Å². The Morgan fingerprint density at radius 3 is 2.57 bits per heavy atom. The van der Waals surface area contributed by atoms with Crippen LogP contribution in [0.2, 0.25) is 0 Å². The van der Waals surface area contributed by atoms with Crippen LogP contribution in [0.1, 0.15) is 15.2 Å². The fourth-order valence-corrected chi connectivity index (χ4v) is 2.17. The summed E-state index contributed by atoms with van der Waals surface area (Å²) in [6.45, 7) is -0.151. The van der Waals surface area contributed by atoms with E-state index in [4.69, 9.17) is 4.74 Å². The summed E-state index contributed by atoms with van der Waals surface area (Å²) in [7, 11) is 1.30. The molecule has 21 heavy (non-hydrogen) atoms. The van der Waals surface area contributed by atoms with Crippen molar-refractivity contribution in [3.05, 3.63) is 58.3 Å². The van der Waals surface area contributed by atoms with Crippen molar-refractivity contribution in [2.45, 2.75) is 0 Å². The van der Waals surface area contributed by atoms with Gasteiger partial charge in [0.1, 0.15) is 5.75 Å². The zero-order chi connectivity index (χ0) is 15.1. The largest absolute Gasteiger partial charge is 0.482 e. The Balaban J connectivity index is 1.95. The van der Waals surface area contributed by atoms with Crippen LogP contribution in [0.5, 0.6) is 5.75 Å². The summed E-state index contributed by atoms with van der Waals surface area (Å²) in [4.78, 5) is 23.9. The third kappa shape index (κ3) is 4.57. The van der Waals surface area contributed by atoms with Crippen LogP contribution in [-0.4, -0.2) is 25.5 Å². The summed E-state index contributed by atoms with van der Waals surface area (Å²) in [6, 6.07) is 10.5. The maximum Gasteiger partial charge on any atom is 0.343 e. The SMILES string of the molecule is COC(=O)COc1ccc(C(=O)C=Cc2cccs2)cc1. The van der Waals surface area contributed by atoms with Crippen LogP contribution in [0.3, 0.4) is 0 Å². The summed E-state index contributed by atoms with van der Waals surface area (Å²) in [5, 5.41) is 1.96. The zero-order valence-corrected chi connectivity index (χ0v) is 12.3. The maximum absolute atomic E-state index is 12.0. The molecule has 0 aliphatic heterocycles. The van der Waals surface area contributed by atoms with Crippen molar-refractivity contribution in [3.63, 3.8) is 0 Å². The molecule has 2 rings (SSSR count). The molecule has 4 nitrogen and oxygen atoms in total. The second-order valence-electron chi connectivity index (χ2n) is 4.10. The lowest BCUT2D eigenvalue weighted by Crippen LogP contribution is -2.12. The normalized spacial score (nSPS) is 10.5. The van der Waals surface area contributed by atoms with Gasteiger partial charge in [-0.05, 0) is 47.9 Å². The van der Waals surface area contributed by atoms with E-state index in [1.165, 1.54) is 13.2 Å². The highest BCUT2D eigenvalue weighted by atomic mass is 32.1. The van der Waals surface area contributed by atoms with Crippen molar-refractivity contribution in [2.24, 2.45) is 0 Å². The van der Waals surface area contributed by atoms with Gasteiger partial charge in [-0.15, -0.1) is 11.3 Å². The first-order valence-electron chi connectivity index (χ1n) is 6.24. The van der Waals surface area contributed by atoms with Gasteiger partial charge in [-0.3, -0.25) is 4.79 Å². The molecule has 1 aromatic heterocycles. The van der Waals surface area contributed by atoms with E-state index in [0.717, 1.165) is 4.88 Å². The minimum atomic E-state index is -0.450. The maximum atomic E-state index is 12.0. The lowest BCUT2D eigenvalue weighted by atomic mass is 10.1. The molecule has 5 heteroatoms. The van der Waals surface area contributed by atoms with Crippen molar-refractivity contribution < 1.29 is 19.1 Å².